The SMILES string of the molecule is COc1cc2c(=O)oc3c(O)c(O)cc4c(=O)oc(c1OC1OC(CO)C(O)C(O)C1O)c2c34. The summed E-state index contributed by atoms with van der Waals surface area (Å²) in [6, 6.07) is 2.15. The van der Waals surface area contributed by atoms with Gasteiger partial charge in [0.1, 0.15) is 24.4 Å². The lowest BCUT2D eigenvalue weighted by atomic mass is 9.99. The highest BCUT2D eigenvalue weighted by atomic mass is 16.7. The molecule has 1 fully saturated rings. The molecule has 5 rings (SSSR count). The average molecular weight is 478 g/mol. The van der Waals surface area contributed by atoms with Gasteiger partial charge in [-0.2, -0.15) is 0 Å². The lowest BCUT2D eigenvalue weighted by Gasteiger charge is -2.39. The Hall–Kier alpha value is -3.62. The first kappa shape index (κ1) is 22.2. The van der Waals surface area contributed by atoms with Crippen molar-refractivity contribution in [3.05, 3.63) is 33.0 Å². The second-order valence-electron chi connectivity index (χ2n) is 7.75. The van der Waals surface area contributed by atoms with E-state index in [0.29, 0.717) is 0 Å². The normalized spacial score (nSPS) is 25.4. The van der Waals surface area contributed by atoms with Crippen molar-refractivity contribution in [2.24, 2.45) is 0 Å². The fourth-order valence-electron chi connectivity index (χ4n) is 4.11. The molecule has 2 aromatic carbocycles. The van der Waals surface area contributed by atoms with E-state index in [-0.39, 0.29) is 38.6 Å². The highest BCUT2D eigenvalue weighted by molar-refractivity contribution is 6.22. The Morgan fingerprint density at radius 3 is 2.18 bits per heavy atom. The molecule has 1 saturated heterocycles. The van der Waals surface area contributed by atoms with Crippen LogP contribution < -0.4 is 20.7 Å². The summed E-state index contributed by atoms with van der Waals surface area (Å²) in [6.45, 7) is -0.709. The Morgan fingerprint density at radius 1 is 0.912 bits per heavy atom. The van der Waals surface area contributed by atoms with Crippen molar-refractivity contribution in [1.82, 2.24) is 0 Å². The van der Waals surface area contributed by atoms with Gasteiger partial charge in [0, 0.05) is 10.8 Å². The maximum absolute atomic E-state index is 12.7. The maximum atomic E-state index is 12.7. The first-order valence-corrected chi connectivity index (χ1v) is 9.93. The number of methoxy groups -OCH3 is 1. The Bertz CT molecular complexity index is 1520. The molecule has 0 saturated carbocycles. The smallest absolute Gasteiger partial charge is 0.344 e. The number of phenols is 2. The zero-order chi connectivity index (χ0) is 24.5. The molecule has 13 heteroatoms. The van der Waals surface area contributed by atoms with Crippen LogP contribution in [0.3, 0.4) is 0 Å². The van der Waals surface area contributed by atoms with Gasteiger partial charge in [0.05, 0.1) is 24.5 Å². The van der Waals surface area contributed by atoms with E-state index >= 15 is 0 Å². The molecule has 1 aliphatic rings. The van der Waals surface area contributed by atoms with E-state index in [1.807, 2.05) is 0 Å². The number of ether oxygens (including phenoxy) is 3. The summed E-state index contributed by atoms with van der Waals surface area (Å²) >= 11 is 0. The summed E-state index contributed by atoms with van der Waals surface area (Å²) < 4.78 is 26.8. The fourth-order valence-corrected chi connectivity index (χ4v) is 4.11. The summed E-state index contributed by atoms with van der Waals surface area (Å²) in [5.74, 6) is -1.95. The van der Waals surface area contributed by atoms with Crippen molar-refractivity contribution in [1.29, 1.82) is 0 Å². The molecule has 13 nitrogen and oxygen atoms in total. The third kappa shape index (κ3) is 2.99. The number of aliphatic hydroxyl groups is 4. The van der Waals surface area contributed by atoms with Gasteiger partial charge in [0.2, 0.25) is 17.8 Å². The second kappa shape index (κ2) is 7.72. The minimum atomic E-state index is -1.79. The van der Waals surface area contributed by atoms with Gasteiger partial charge in [-0.15, -0.1) is 0 Å². The molecule has 0 spiro atoms. The number of aromatic hydroxyl groups is 2. The molecule has 180 valence electrons. The minimum absolute atomic E-state index is 0.0171. The molecule has 5 unspecified atom stereocenters. The van der Waals surface area contributed by atoms with Gasteiger partial charge in [-0.25, -0.2) is 9.59 Å². The number of aliphatic hydroxyl groups excluding tert-OH is 4. The summed E-state index contributed by atoms with van der Waals surface area (Å²) in [6.07, 6.45) is -8.13. The maximum Gasteiger partial charge on any atom is 0.344 e. The van der Waals surface area contributed by atoms with Crippen molar-refractivity contribution in [3.63, 3.8) is 0 Å². The van der Waals surface area contributed by atoms with Crippen LogP contribution in [0, 0.1) is 0 Å². The van der Waals surface area contributed by atoms with Crippen molar-refractivity contribution in [2.45, 2.75) is 30.7 Å². The van der Waals surface area contributed by atoms with E-state index < -0.39 is 65.6 Å². The van der Waals surface area contributed by atoms with Gasteiger partial charge < -0.3 is 53.7 Å². The van der Waals surface area contributed by atoms with E-state index in [0.717, 1.165) is 6.07 Å². The van der Waals surface area contributed by atoms with Crippen LogP contribution >= 0.6 is 0 Å². The standard InChI is InChI=1S/C21H18O13/c1-30-8-3-6-11-10-5(2-7(23)12(24)17(10)32-20(6)29)19(28)33-18(11)16(8)34-21-15(27)14(26)13(25)9(4-22)31-21/h2-3,9,13-15,21-27H,4H2,1H3. The molecule has 2 aromatic heterocycles. The predicted molar refractivity (Wildman–Crippen MR) is 111 cm³/mol. The van der Waals surface area contributed by atoms with Gasteiger partial charge in [0.25, 0.3) is 0 Å². The molecule has 5 atom stereocenters. The number of hydrogen-bond donors (Lipinski definition) is 6. The van der Waals surface area contributed by atoms with Crippen LogP contribution in [-0.2, 0) is 4.74 Å². The minimum Gasteiger partial charge on any atom is -0.504 e. The van der Waals surface area contributed by atoms with Crippen LogP contribution in [0.4, 0.5) is 0 Å². The van der Waals surface area contributed by atoms with Gasteiger partial charge in [0.15, 0.2) is 22.7 Å². The van der Waals surface area contributed by atoms with E-state index in [2.05, 4.69) is 0 Å². The molecule has 6 N–H and O–H groups in total. The Morgan fingerprint density at radius 2 is 1.53 bits per heavy atom. The van der Waals surface area contributed by atoms with Gasteiger partial charge in [-0.3, -0.25) is 0 Å². The Balaban J connectivity index is 1.81. The Labute approximate surface area is 187 Å². The van der Waals surface area contributed by atoms with Crippen LogP contribution in [0.1, 0.15) is 0 Å². The zero-order valence-corrected chi connectivity index (χ0v) is 17.3. The molecule has 34 heavy (non-hydrogen) atoms. The van der Waals surface area contributed by atoms with Crippen LogP contribution in [0.2, 0.25) is 0 Å². The van der Waals surface area contributed by atoms with Crippen molar-refractivity contribution in [2.75, 3.05) is 13.7 Å². The first-order chi connectivity index (χ1) is 16.2. The summed E-state index contributed by atoms with van der Waals surface area (Å²) in [4.78, 5) is 25.4. The fraction of sp³-hybridized carbons (Fsp3) is 0.333. The summed E-state index contributed by atoms with van der Waals surface area (Å²) in [5, 5.41) is 59.6. The molecule has 0 amide bonds. The lowest BCUT2D eigenvalue weighted by Crippen LogP contribution is -2.60. The van der Waals surface area contributed by atoms with Crippen LogP contribution in [0.5, 0.6) is 23.0 Å². The van der Waals surface area contributed by atoms with Crippen molar-refractivity contribution < 1.29 is 53.7 Å². The van der Waals surface area contributed by atoms with Crippen molar-refractivity contribution >= 4 is 32.7 Å². The third-order valence-electron chi connectivity index (χ3n) is 5.82. The van der Waals surface area contributed by atoms with E-state index in [9.17, 15) is 40.2 Å². The molecular weight excluding hydrogens is 460 g/mol. The largest absolute Gasteiger partial charge is 0.504 e. The van der Waals surface area contributed by atoms with Crippen LogP contribution in [0.15, 0.2) is 30.6 Å². The molecule has 4 aromatic rings. The van der Waals surface area contributed by atoms with E-state index in [1.54, 1.807) is 0 Å². The predicted octanol–water partition coefficient (Wildman–Crippen LogP) is -0.911. The van der Waals surface area contributed by atoms with E-state index in [1.165, 1.54) is 13.2 Å². The topological polar surface area (TPSA) is 209 Å². The first-order valence-electron chi connectivity index (χ1n) is 9.93. The van der Waals surface area contributed by atoms with E-state index in [4.69, 9.17) is 23.0 Å². The summed E-state index contributed by atoms with van der Waals surface area (Å²) in [5.41, 5.74) is -2.75. The van der Waals surface area contributed by atoms with Gasteiger partial charge in [-0.05, 0) is 12.1 Å². The van der Waals surface area contributed by atoms with Crippen LogP contribution in [0.25, 0.3) is 32.7 Å². The quantitative estimate of drug-likeness (QED) is 0.119. The average Bonchev–Trinajstić information content (AvgIpc) is 2.82. The highest BCUT2D eigenvalue weighted by Crippen LogP contribution is 2.46. The van der Waals surface area contributed by atoms with Gasteiger partial charge in [-0.1, -0.05) is 0 Å². The molecule has 0 aliphatic carbocycles. The molecule has 0 radical (unpaired) electrons. The molecular formula is C21H18O13. The monoisotopic (exact) mass is 478 g/mol. The number of benzene rings is 2. The Kier molecular flexibility index (Phi) is 5.03. The number of rotatable bonds is 4. The zero-order valence-electron chi connectivity index (χ0n) is 17.3. The number of phenolic OH excluding ortho intramolecular Hbond substituents is 2. The number of hydrogen-bond acceptors (Lipinski definition) is 13. The van der Waals surface area contributed by atoms with Gasteiger partial charge >= 0.3 is 11.3 Å². The van der Waals surface area contributed by atoms with Crippen molar-refractivity contribution in [3.8, 4) is 23.0 Å². The third-order valence-corrected chi connectivity index (χ3v) is 5.82. The summed E-state index contributed by atoms with van der Waals surface area (Å²) in [7, 11) is 1.22. The molecule has 3 heterocycles. The molecule has 0 bridgehead atoms. The molecule has 1 aliphatic heterocycles. The second-order valence-corrected chi connectivity index (χ2v) is 7.75. The highest BCUT2D eigenvalue weighted by Gasteiger charge is 2.45. The lowest BCUT2D eigenvalue weighted by molar-refractivity contribution is -0.277. The van der Waals surface area contributed by atoms with Crippen LogP contribution in [-0.4, -0.2) is 75.1 Å².